The van der Waals surface area contributed by atoms with Crippen LogP contribution in [0.5, 0.6) is 0 Å². The fourth-order valence-corrected chi connectivity index (χ4v) is 0.470. The molecule has 0 heterocycles. The summed E-state index contributed by atoms with van der Waals surface area (Å²) in [6.07, 6.45) is 0. The van der Waals surface area contributed by atoms with Gasteiger partial charge in [-0.2, -0.15) is 35.9 Å². The van der Waals surface area contributed by atoms with Gasteiger partial charge < -0.3 is 0 Å². The van der Waals surface area contributed by atoms with Crippen LogP contribution in [0, 0.1) is 13.0 Å². The minimum atomic E-state index is -0.896. The second-order valence-electron chi connectivity index (χ2n) is 1.79. The van der Waals surface area contributed by atoms with Crippen LogP contribution in [0.25, 0.3) is 0 Å². The summed E-state index contributed by atoms with van der Waals surface area (Å²) in [5.74, 6) is 0. The second-order valence-corrected chi connectivity index (χ2v) is 25.4. The van der Waals surface area contributed by atoms with E-state index in [1.807, 2.05) is 24.3 Å². The number of rotatable bonds is 0. The summed E-state index contributed by atoms with van der Waals surface area (Å²) in [5.41, 5.74) is 1.29. The average molecular weight is 379 g/mol. The molecule has 0 aromatic heterocycles. The maximum absolute atomic E-state index is 3.27. The van der Waals surface area contributed by atoms with Gasteiger partial charge >= 0.3 is 51.1 Å². The zero-order valence-corrected chi connectivity index (χ0v) is 12.3. The first-order valence-electron chi connectivity index (χ1n) is 2.89. The molecule has 1 aromatic carbocycles. The Bertz CT molecular complexity index is 174. The molecule has 0 radical (unpaired) electrons. The SMILES string of the molecule is Cc1cc[c-]cc1.[Br][Ti+]([Br])[Br]. The third-order valence-electron chi connectivity index (χ3n) is 0.885. The fraction of sp³-hybridized carbons (Fsp3) is 0.143. The zero-order chi connectivity index (χ0) is 8.69. The number of hydrogen-bond acceptors (Lipinski definition) is 0. The molecule has 0 unspecified atom stereocenters. The van der Waals surface area contributed by atoms with Crippen LogP contribution in [-0.4, -0.2) is 0 Å². The van der Waals surface area contributed by atoms with Crippen LogP contribution in [0.3, 0.4) is 0 Å². The van der Waals surface area contributed by atoms with E-state index in [-0.39, 0.29) is 0 Å². The molecule has 11 heavy (non-hydrogen) atoms. The Labute approximate surface area is 92.8 Å². The summed E-state index contributed by atoms with van der Waals surface area (Å²) in [7, 11) is 0. The molecule has 1 aromatic rings. The van der Waals surface area contributed by atoms with E-state index in [2.05, 4.69) is 52.5 Å². The van der Waals surface area contributed by atoms with E-state index in [9.17, 15) is 0 Å². The van der Waals surface area contributed by atoms with Gasteiger partial charge in [0.05, 0.1) is 0 Å². The number of halogens is 3. The van der Waals surface area contributed by atoms with Gasteiger partial charge in [-0.15, -0.1) is 0 Å². The Morgan fingerprint density at radius 1 is 1.18 bits per heavy atom. The van der Waals surface area contributed by atoms with Gasteiger partial charge in [-0.05, 0) is 0 Å². The Balaban J connectivity index is 0.000000218. The van der Waals surface area contributed by atoms with Gasteiger partial charge in [-0.3, -0.25) is 0 Å². The topological polar surface area (TPSA) is 0 Å². The molecule has 0 saturated heterocycles. The molecule has 60 valence electrons. The number of benzene rings is 1. The van der Waals surface area contributed by atoms with Crippen LogP contribution in [0.2, 0.25) is 0 Å². The summed E-state index contributed by atoms with van der Waals surface area (Å²) >= 11 is 8.92. The number of hydrogen-bond donors (Lipinski definition) is 0. The summed E-state index contributed by atoms with van der Waals surface area (Å²) < 4.78 is 0. The molecule has 0 aliphatic carbocycles. The van der Waals surface area contributed by atoms with Gasteiger partial charge in [0.2, 0.25) is 0 Å². The van der Waals surface area contributed by atoms with Crippen molar-refractivity contribution in [3.8, 4) is 0 Å². The molecular formula is C7H7Br3Ti. The molecule has 0 spiro atoms. The van der Waals surface area contributed by atoms with Gasteiger partial charge in [-0.25, -0.2) is 0 Å². The van der Waals surface area contributed by atoms with E-state index in [4.69, 9.17) is 0 Å². The molecule has 0 fully saturated rings. The molecular weight excluding hydrogens is 372 g/mol. The Hall–Kier alpha value is 1.37. The Morgan fingerprint density at radius 2 is 1.55 bits per heavy atom. The van der Waals surface area contributed by atoms with E-state index in [1.54, 1.807) is 0 Å². The first kappa shape index (κ1) is 12.4. The van der Waals surface area contributed by atoms with Gasteiger partial charge in [0, 0.05) is 0 Å². The first-order chi connectivity index (χ1) is 5.13. The first-order valence-corrected chi connectivity index (χ1v) is 14.5. The third kappa shape index (κ3) is 11.4. The summed E-state index contributed by atoms with van der Waals surface area (Å²) in [6.45, 7) is 2.06. The van der Waals surface area contributed by atoms with Crippen molar-refractivity contribution in [3.63, 3.8) is 0 Å². The summed E-state index contributed by atoms with van der Waals surface area (Å²) in [6, 6.07) is 10.8. The van der Waals surface area contributed by atoms with Crippen molar-refractivity contribution in [1.29, 1.82) is 0 Å². The van der Waals surface area contributed by atoms with Crippen LogP contribution < -0.4 is 0 Å². The standard InChI is InChI=1S/C7H7.3BrH.Ti/c1-7-5-3-2-4-6-7;;;;/h3-6H,1H3;3*1H;/q-1;;;;+4/p-3. The number of aryl methyl sites for hydroxylation is 1. The third-order valence-corrected chi connectivity index (χ3v) is 0.885. The van der Waals surface area contributed by atoms with Crippen molar-refractivity contribution in [2.75, 3.05) is 0 Å². The molecule has 0 saturated carbocycles. The van der Waals surface area contributed by atoms with Crippen molar-refractivity contribution >= 4 is 39.5 Å². The normalized spacial score (nSPS) is 8.00. The fourth-order valence-electron chi connectivity index (χ4n) is 0.470. The van der Waals surface area contributed by atoms with Crippen LogP contribution in [0.4, 0.5) is 0 Å². The minimum absolute atomic E-state index is 0.896. The van der Waals surface area contributed by atoms with Crippen LogP contribution >= 0.6 is 39.5 Å². The molecule has 0 nitrogen and oxygen atoms in total. The summed E-state index contributed by atoms with van der Waals surface area (Å²) in [4.78, 5) is 0. The van der Waals surface area contributed by atoms with Crippen molar-refractivity contribution in [2.24, 2.45) is 0 Å². The molecule has 0 N–H and O–H groups in total. The van der Waals surface area contributed by atoms with E-state index >= 15 is 0 Å². The molecule has 4 heteroatoms. The molecule has 0 aliphatic heterocycles. The van der Waals surface area contributed by atoms with E-state index < -0.39 is 11.6 Å². The van der Waals surface area contributed by atoms with Gasteiger partial charge in [0.25, 0.3) is 0 Å². The molecule has 0 amide bonds. The van der Waals surface area contributed by atoms with Crippen LogP contribution in [0.1, 0.15) is 5.56 Å². The van der Waals surface area contributed by atoms with Crippen molar-refractivity contribution in [1.82, 2.24) is 0 Å². The predicted molar refractivity (Wildman–Crippen MR) is 56.8 cm³/mol. The van der Waals surface area contributed by atoms with Gasteiger partial charge in [0.1, 0.15) is 0 Å². The van der Waals surface area contributed by atoms with Gasteiger partial charge in [-0.1, -0.05) is 6.92 Å². The maximum atomic E-state index is 3.27. The van der Waals surface area contributed by atoms with Crippen LogP contribution in [0.15, 0.2) is 24.3 Å². The monoisotopic (exact) mass is 376 g/mol. The molecule has 0 bridgehead atoms. The van der Waals surface area contributed by atoms with Crippen molar-refractivity contribution < 1.29 is 11.6 Å². The van der Waals surface area contributed by atoms with Crippen molar-refractivity contribution in [2.45, 2.75) is 6.92 Å². The van der Waals surface area contributed by atoms with Crippen LogP contribution in [-0.2, 0) is 11.6 Å². The summed E-state index contributed by atoms with van der Waals surface area (Å²) in [5, 5.41) is 0. The predicted octanol–water partition coefficient (Wildman–Crippen LogP) is 4.33. The molecule has 0 aliphatic rings. The van der Waals surface area contributed by atoms with E-state index in [0.29, 0.717) is 0 Å². The zero-order valence-electron chi connectivity index (χ0n) is 5.94. The molecule has 1 rings (SSSR count). The molecule has 0 atom stereocenters. The van der Waals surface area contributed by atoms with Gasteiger partial charge in [0.15, 0.2) is 0 Å². The van der Waals surface area contributed by atoms with E-state index in [0.717, 1.165) is 0 Å². The Kier molecular flexibility index (Phi) is 8.99. The average Bonchev–Trinajstić information content (AvgIpc) is 1.87. The van der Waals surface area contributed by atoms with Crippen molar-refractivity contribution in [3.05, 3.63) is 35.9 Å². The van der Waals surface area contributed by atoms with E-state index in [1.165, 1.54) is 5.56 Å². The second kappa shape index (κ2) is 7.99. The quantitative estimate of drug-likeness (QED) is 0.466. The Morgan fingerprint density at radius 3 is 1.73 bits per heavy atom.